The van der Waals surface area contributed by atoms with Gasteiger partial charge >= 0.3 is 11.9 Å². The Hall–Kier alpha value is -2.41. The largest absolute Gasteiger partial charge is 0.462 e. The second kappa shape index (κ2) is 8.11. The van der Waals surface area contributed by atoms with Gasteiger partial charge in [-0.25, -0.2) is 9.59 Å². The van der Waals surface area contributed by atoms with Gasteiger partial charge in [0.1, 0.15) is 0 Å². The van der Waals surface area contributed by atoms with Crippen LogP contribution in [-0.2, 0) is 9.47 Å². The van der Waals surface area contributed by atoms with E-state index < -0.39 is 24.3 Å². The van der Waals surface area contributed by atoms with E-state index in [9.17, 15) is 14.4 Å². The third-order valence-electron chi connectivity index (χ3n) is 3.62. The molecule has 1 aromatic heterocycles. The number of Topliss-reactive ketones (excluding diaryl/α,β-unsaturated/α-hetero) is 1. The molecule has 0 aliphatic heterocycles. The maximum Gasteiger partial charge on any atom is 0.340 e. The van der Waals surface area contributed by atoms with Gasteiger partial charge in [0, 0.05) is 10.2 Å². The van der Waals surface area contributed by atoms with E-state index in [-0.39, 0.29) is 12.3 Å². The number of H-pyrrole nitrogens is 1. The van der Waals surface area contributed by atoms with E-state index in [2.05, 4.69) is 20.9 Å². The summed E-state index contributed by atoms with van der Waals surface area (Å²) < 4.78 is 10.7. The molecule has 0 aliphatic rings. The highest BCUT2D eigenvalue weighted by Gasteiger charge is 2.23. The molecule has 1 heterocycles. The number of halogens is 1. The van der Waals surface area contributed by atoms with Crippen molar-refractivity contribution in [3.05, 3.63) is 56.8 Å². The minimum absolute atomic E-state index is 0.237. The molecule has 0 unspecified atom stereocenters. The molecule has 0 saturated carbocycles. The van der Waals surface area contributed by atoms with Gasteiger partial charge in [-0.2, -0.15) is 0 Å². The Morgan fingerprint density at radius 3 is 2.40 bits per heavy atom. The summed E-state index contributed by atoms with van der Waals surface area (Å²) >= 11 is 3.26. The Labute approximate surface area is 153 Å². The van der Waals surface area contributed by atoms with Gasteiger partial charge in [0.05, 0.1) is 23.4 Å². The maximum atomic E-state index is 12.4. The molecule has 0 atom stereocenters. The standard InChI is InChI=1S/C18H18BrNO5/c1-4-24-18(23)15-10(2)16(20-11(15)3)14(21)9-25-17(22)12-7-5-6-8-13(12)19/h5-8,20H,4,9H2,1-3H3. The predicted molar refractivity (Wildman–Crippen MR) is 95.0 cm³/mol. The highest BCUT2D eigenvalue weighted by Crippen LogP contribution is 2.20. The fourth-order valence-corrected chi connectivity index (χ4v) is 2.89. The average molecular weight is 408 g/mol. The second-order valence-electron chi connectivity index (χ2n) is 5.32. The van der Waals surface area contributed by atoms with Gasteiger partial charge in [0.2, 0.25) is 5.78 Å². The highest BCUT2D eigenvalue weighted by atomic mass is 79.9. The SMILES string of the molecule is CCOC(=O)c1c(C)[nH]c(C(=O)COC(=O)c2ccccc2Br)c1C. The molecule has 7 heteroatoms. The molecule has 0 aliphatic carbocycles. The van der Waals surface area contributed by atoms with Crippen LogP contribution in [0.15, 0.2) is 28.7 Å². The summed E-state index contributed by atoms with van der Waals surface area (Å²) in [7, 11) is 0. The summed E-state index contributed by atoms with van der Waals surface area (Å²) in [5.41, 5.74) is 1.93. The van der Waals surface area contributed by atoms with Crippen LogP contribution >= 0.6 is 15.9 Å². The first kappa shape index (κ1) is 18.9. The van der Waals surface area contributed by atoms with E-state index in [1.807, 2.05) is 0 Å². The number of hydrogen-bond donors (Lipinski definition) is 1. The van der Waals surface area contributed by atoms with Gasteiger partial charge in [-0.3, -0.25) is 4.79 Å². The van der Waals surface area contributed by atoms with Gasteiger partial charge in [-0.15, -0.1) is 0 Å². The molecule has 25 heavy (non-hydrogen) atoms. The molecular weight excluding hydrogens is 390 g/mol. The van der Waals surface area contributed by atoms with Crippen LogP contribution in [0.2, 0.25) is 0 Å². The van der Waals surface area contributed by atoms with Crippen LogP contribution in [0, 0.1) is 13.8 Å². The van der Waals surface area contributed by atoms with Crippen molar-refractivity contribution < 1.29 is 23.9 Å². The van der Waals surface area contributed by atoms with E-state index in [1.54, 1.807) is 45.0 Å². The Bertz CT molecular complexity index is 825. The van der Waals surface area contributed by atoms with Crippen LogP contribution < -0.4 is 0 Å². The molecular formula is C18H18BrNO5. The molecule has 0 amide bonds. The lowest BCUT2D eigenvalue weighted by atomic mass is 10.1. The topological polar surface area (TPSA) is 85.5 Å². The molecule has 2 rings (SSSR count). The summed E-state index contributed by atoms with van der Waals surface area (Å²) in [6, 6.07) is 6.78. The first-order valence-electron chi connectivity index (χ1n) is 7.67. The van der Waals surface area contributed by atoms with Crippen LogP contribution in [0.4, 0.5) is 0 Å². The minimum Gasteiger partial charge on any atom is -0.462 e. The lowest BCUT2D eigenvalue weighted by molar-refractivity contribution is 0.0471. The van der Waals surface area contributed by atoms with E-state index in [4.69, 9.17) is 9.47 Å². The number of nitrogens with one attached hydrogen (secondary N) is 1. The number of carbonyl (C=O) groups excluding carboxylic acids is 3. The summed E-state index contributed by atoms with van der Waals surface area (Å²) in [6.45, 7) is 4.86. The molecule has 0 saturated heterocycles. The van der Waals surface area contributed by atoms with Crippen LogP contribution in [0.25, 0.3) is 0 Å². The molecule has 0 spiro atoms. The predicted octanol–water partition coefficient (Wildman–Crippen LogP) is 3.61. The third-order valence-corrected chi connectivity index (χ3v) is 4.32. The van der Waals surface area contributed by atoms with E-state index in [0.717, 1.165) is 0 Å². The normalized spacial score (nSPS) is 10.4. The van der Waals surface area contributed by atoms with Crippen molar-refractivity contribution in [1.29, 1.82) is 0 Å². The van der Waals surface area contributed by atoms with Crippen molar-refractivity contribution in [2.75, 3.05) is 13.2 Å². The zero-order valence-electron chi connectivity index (χ0n) is 14.1. The summed E-state index contributed by atoms with van der Waals surface area (Å²) in [5.74, 6) is -1.51. The number of benzene rings is 1. The number of rotatable bonds is 6. The number of hydrogen-bond acceptors (Lipinski definition) is 5. The number of ketones is 1. The number of esters is 2. The number of aryl methyl sites for hydroxylation is 1. The monoisotopic (exact) mass is 407 g/mol. The molecule has 2 aromatic rings. The fraction of sp³-hybridized carbons (Fsp3) is 0.278. The average Bonchev–Trinajstić information content (AvgIpc) is 2.87. The Balaban J connectivity index is 2.12. The fourth-order valence-electron chi connectivity index (χ4n) is 2.45. The molecule has 0 radical (unpaired) electrons. The van der Waals surface area contributed by atoms with Gasteiger partial charge in [-0.1, -0.05) is 12.1 Å². The summed E-state index contributed by atoms with van der Waals surface area (Å²) in [4.78, 5) is 39.3. The molecule has 1 N–H and O–H groups in total. The number of carbonyl (C=O) groups is 3. The van der Waals surface area contributed by atoms with Gasteiger partial charge < -0.3 is 14.5 Å². The number of aromatic nitrogens is 1. The van der Waals surface area contributed by atoms with Crippen molar-refractivity contribution in [2.24, 2.45) is 0 Å². The van der Waals surface area contributed by atoms with Crippen molar-refractivity contribution >= 4 is 33.7 Å². The summed E-state index contributed by atoms with van der Waals surface area (Å²) in [6.07, 6.45) is 0. The lowest BCUT2D eigenvalue weighted by Gasteiger charge is -2.06. The Morgan fingerprint density at radius 1 is 1.08 bits per heavy atom. The molecule has 1 aromatic carbocycles. The van der Waals surface area contributed by atoms with Crippen LogP contribution in [0.5, 0.6) is 0 Å². The smallest absolute Gasteiger partial charge is 0.340 e. The number of ether oxygens (including phenoxy) is 2. The van der Waals surface area contributed by atoms with E-state index >= 15 is 0 Å². The minimum atomic E-state index is -0.604. The first-order chi connectivity index (χ1) is 11.9. The molecule has 0 bridgehead atoms. The lowest BCUT2D eigenvalue weighted by Crippen LogP contribution is -2.16. The quantitative estimate of drug-likeness (QED) is 0.583. The molecule has 132 valence electrons. The highest BCUT2D eigenvalue weighted by molar-refractivity contribution is 9.10. The third kappa shape index (κ3) is 4.17. The Morgan fingerprint density at radius 2 is 1.76 bits per heavy atom. The Kier molecular flexibility index (Phi) is 6.14. The van der Waals surface area contributed by atoms with Crippen molar-refractivity contribution in [2.45, 2.75) is 20.8 Å². The van der Waals surface area contributed by atoms with E-state index in [1.165, 1.54) is 0 Å². The zero-order valence-corrected chi connectivity index (χ0v) is 15.7. The summed E-state index contributed by atoms with van der Waals surface area (Å²) in [5, 5.41) is 0. The van der Waals surface area contributed by atoms with Crippen LogP contribution in [-0.4, -0.2) is 35.9 Å². The van der Waals surface area contributed by atoms with E-state index in [0.29, 0.717) is 26.9 Å². The van der Waals surface area contributed by atoms with Gasteiger partial charge in [0.25, 0.3) is 0 Å². The second-order valence-corrected chi connectivity index (χ2v) is 6.18. The van der Waals surface area contributed by atoms with Crippen LogP contribution in [0.3, 0.4) is 0 Å². The number of aromatic amines is 1. The van der Waals surface area contributed by atoms with Gasteiger partial charge in [-0.05, 0) is 54.4 Å². The van der Waals surface area contributed by atoms with Crippen molar-refractivity contribution in [3.63, 3.8) is 0 Å². The van der Waals surface area contributed by atoms with Crippen LogP contribution in [0.1, 0.15) is 49.4 Å². The molecule has 6 nitrogen and oxygen atoms in total. The van der Waals surface area contributed by atoms with Gasteiger partial charge in [0.15, 0.2) is 6.61 Å². The zero-order chi connectivity index (χ0) is 18.6. The van der Waals surface area contributed by atoms with Crippen molar-refractivity contribution in [3.8, 4) is 0 Å². The maximum absolute atomic E-state index is 12.4. The van der Waals surface area contributed by atoms with Crippen molar-refractivity contribution in [1.82, 2.24) is 4.98 Å². The molecule has 0 fully saturated rings. The first-order valence-corrected chi connectivity index (χ1v) is 8.47.